The minimum absolute atomic E-state index is 0.220. The van der Waals surface area contributed by atoms with Gasteiger partial charge in [-0.25, -0.2) is 4.39 Å². The smallest absolute Gasteiger partial charge is 0.234 e. The van der Waals surface area contributed by atoms with Crippen LogP contribution in [0.5, 0.6) is 0 Å². The first-order valence-electron chi connectivity index (χ1n) is 14.4. The summed E-state index contributed by atoms with van der Waals surface area (Å²) in [5.74, 6) is -1.83. The maximum atomic E-state index is 16.2. The number of nitrogens with zero attached hydrogens (tertiary/aromatic N) is 5. The average Bonchev–Trinajstić information content (AvgIpc) is 3.36. The number of aryl methyl sites for hydroxylation is 1. The summed E-state index contributed by atoms with van der Waals surface area (Å²) in [5, 5.41) is 28.5. The molecule has 2 aromatic carbocycles. The average molecular weight is 581 g/mol. The van der Waals surface area contributed by atoms with Crippen molar-refractivity contribution in [3.63, 3.8) is 0 Å². The van der Waals surface area contributed by atoms with Crippen molar-refractivity contribution in [2.75, 3.05) is 13.1 Å². The fraction of sp³-hybridized carbons (Fsp3) is 0.364. The van der Waals surface area contributed by atoms with Crippen LogP contribution in [0.25, 0.3) is 22.2 Å². The Morgan fingerprint density at radius 2 is 1.95 bits per heavy atom. The number of carbonyl (C=O) groups is 2. The van der Waals surface area contributed by atoms with Crippen molar-refractivity contribution < 1.29 is 19.1 Å². The predicted molar refractivity (Wildman–Crippen MR) is 158 cm³/mol. The SMILES string of the molecule is Cn1cc(C#N)c(-c2ccc(CN3CC[C@@](O)(c4ccc5ncc(C6CCC(=O)NC6=O)cc5c4F)C(C)(C)C3)cc2)n1. The first kappa shape index (κ1) is 28.6. The molecule has 220 valence electrons. The van der Waals surface area contributed by atoms with Crippen molar-refractivity contribution in [2.45, 2.75) is 51.2 Å². The van der Waals surface area contributed by atoms with Gasteiger partial charge in [-0.1, -0.05) is 44.2 Å². The van der Waals surface area contributed by atoms with Crippen LogP contribution < -0.4 is 5.32 Å². The predicted octanol–water partition coefficient (Wildman–Crippen LogP) is 4.29. The van der Waals surface area contributed by atoms with E-state index in [-0.39, 0.29) is 23.3 Å². The van der Waals surface area contributed by atoms with Gasteiger partial charge in [-0.05, 0) is 36.1 Å². The van der Waals surface area contributed by atoms with Gasteiger partial charge in [0.05, 0.1) is 22.6 Å². The molecule has 2 atom stereocenters. The number of piperidine rings is 2. The number of hydrogen-bond acceptors (Lipinski definition) is 7. The van der Waals surface area contributed by atoms with Crippen molar-refractivity contribution in [2.24, 2.45) is 12.5 Å². The summed E-state index contributed by atoms with van der Waals surface area (Å²) in [5.41, 5.74) is 2.22. The lowest BCUT2D eigenvalue weighted by atomic mass is 9.66. The van der Waals surface area contributed by atoms with Crippen LogP contribution >= 0.6 is 0 Å². The third-order valence-corrected chi connectivity index (χ3v) is 9.02. The van der Waals surface area contributed by atoms with Gasteiger partial charge >= 0.3 is 0 Å². The molecule has 0 spiro atoms. The highest BCUT2D eigenvalue weighted by Crippen LogP contribution is 2.48. The number of aromatic nitrogens is 3. The molecule has 2 saturated heterocycles. The molecule has 10 heteroatoms. The number of nitriles is 1. The van der Waals surface area contributed by atoms with Gasteiger partial charge in [0.15, 0.2) is 0 Å². The molecule has 0 saturated carbocycles. The Kier molecular flexibility index (Phi) is 7.11. The van der Waals surface area contributed by atoms with Gasteiger partial charge in [0, 0.05) is 67.4 Å². The Morgan fingerprint density at radius 1 is 1.19 bits per heavy atom. The second-order valence-corrected chi connectivity index (χ2v) is 12.3. The van der Waals surface area contributed by atoms with E-state index in [0.717, 1.165) is 11.1 Å². The van der Waals surface area contributed by atoms with Gasteiger partial charge < -0.3 is 5.11 Å². The van der Waals surface area contributed by atoms with Gasteiger partial charge in [-0.15, -0.1) is 0 Å². The van der Waals surface area contributed by atoms with E-state index in [4.69, 9.17) is 0 Å². The summed E-state index contributed by atoms with van der Waals surface area (Å²) in [6.45, 7) is 5.66. The van der Waals surface area contributed by atoms with Crippen LogP contribution in [0.3, 0.4) is 0 Å². The fourth-order valence-corrected chi connectivity index (χ4v) is 6.57. The molecule has 2 amide bonds. The third-order valence-electron chi connectivity index (χ3n) is 9.02. The number of carbonyl (C=O) groups excluding carboxylic acids is 2. The highest BCUT2D eigenvalue weighted by Gasteiger charge is 2.50. The van der Waals surface area contributed by atoms with Crippen LogP contribution in [0, 0.1) is 22.6 Å². The summed E-state index contributed by atoms with van der Waals surface area (Å²) in [7, 11) is 1.79. The zero-order valence-electron chi connectivity index (χ0n) is 24.4. The number of hydrogen-bond donors (Lipinski definition) is 2. The summed E-state index contributed by atoms with van der Waals surface area (Å²) in [6.07, 6.45) is 4.16. The van der Waals surface area contributed by atoms with Crippen LogP contribution in [0.1, 0.15) is 61.3 Å². The van der Waals surface area contributed by atoms with Crippen LogP contribution in [0.2, 0.25) is 0 Å². The molecule has 43 heavy (non-hydrogen) atoms. The number of nitrogens with one attached hydrogen (secondary N) is 1. The third kappa shape index (κ3) is 5.09. The molecule has 1 unspecified atom stereocenters. The molecule has 2 aromatic heterocycles. The fourth-order valence-electron chi connectivity index (χ4n) is 6.57. The maximum absolute atomic E-state index is 16.2. The maximum Gasteiger partial charge on any atom is 0.234 e. The van der Waals surface area contributed by atoms with Crippen molar-refractivity contribution >= 4 is 22.7 Å². The molecular formula is C33H33FN6O3. The number of imide groups is 1. The largest absolute Gasteiger partial charge is 0.384 e. The van der Waals surface area contributed by atoms with Gasteiger partial charge in [0.25, 0.3) is 0 Å². The lowest BCUT2D eigenvalue weighted by Gasteiger charge is -2.50. The molecule has 9 nitrogen and oxygen atoms in total. The van der Waals surface area contributed by atoms with E-state index in [2.05, 4.69) is 26.4 Å². The normalized spacial score (nSPS) is 22.4. The van der Waals surface area contributed by atoms with Crippen molar-refractivity contribution in [1.82, 2.24) is 25.0 Å². The number of benzene rings is 2. The van der Waals surface area contributed by atoms with Gasteiger partial charge in [0.2, 0.25) is 11.8 Å². The topological polar surface area (TPSA) is 124 Å². The monoisotopic (exact) mass is 580 g/mol. The molecular weight excluding hydrogens is 547 g/mol. The summed E-state index contributed by atoms with van der Waals surface area (Å²) >= 11 is 0. The second-order valence-electron chi connectivity index (χ2n) is 12.3. The molecule has 2 fully saturated rings. The first-order chi connectivity index (χ1) is 20.5. The van der Waals surface area contributed by atoms with E-state index in [1.807, 2.05) is 38.1 Å². The number of fused-ring (bicyclic) bond motifs is 1. The van der Waals surface area contributed by atoms with E-state index in [9.17, 15) is 20.0 Å². The van der Waals surface area contributed by atoms with Crippen LogP contribution in [0.15, 0.2) is 54.9 Å². The highest BCUT2D eigenvalue weighted by atomic mass is 19.1. The molecule has 2 N–H and O–H groups in total. The quantitative estimate of drug-likeness (QED) is 0.338. The van der Waals surface area contributed by atoms with Crippen LogP contribution in [-0.2, 0) is 28.8 Å². The Bertz CT molecular complexity index is 1790. The Labute approximate surface area is 249 Å². The number of rotatable bonds is 5. The number of amides is 2. The summed E-state index contributed by atoms with van der Waals surface area (Å²) in [6, 6.07) is 15.1. The Hall–Kier alpha value is -4.46. The zero-order chi connectivity index (χ0) is 30.5. The zero-order valence-corrected chi connectivity index (χ0v) is 24.4. The number of aliphatic hydroxyl groups is 1. The van der Waals surface area contributed by atoms with Gasteiger partial charge in [-0.3, -0.25) is 29.5 Å². The second kappa shape index (κ2) is 10.7. The molecule has 4 aromatic rings. The van der Waals surface area contributed by atoms with Crippen LogP contribution in [0.4, 0.5) is 4.39 Å². The lowest BCUT2D eigenvalue weighted by Crippen LogP contribution is -2.55. The summed E-state index contributed by atoms with van der Waals surface area (Å²) in [4.78, 5) is 30.7. The lowest BCUT2D eigenvalue weighted by molar-refractivity contribution is -0.134. The highest BCUT2D eigenvalue weighted by molar-refractivity contribution is 6.01. The molecule has 0 radical (unpaired) electrons. The minimum Gasteiger partial charge on any atom is -0.384 e. The number of pyridine rings is 1. The van der Waals surface area contributed by atoms with E-state index < -0.39 is 28.7 Å². The number of likely N-dealkylation sites (tertiary alicyclic amines) is 1. The van der Waals surface area contributed by atoms with Gasteiger partial charge in [-0.2, -0.15) is 10.4 Å². The molecule has 2 aliphatic heterocycles. The van der Waals surface area contributed by atoms with Gasteiger partial charge in [0.1, 0.15) is 17.6 Å². The van der Waals surface area contributed by atoms with E-state index in [1.54, 1.807) is 42.3 Å². The Morgan fingerprint density at radius 3 is 2.65 bits per heavy atom. The standard InChI is InChI=1S/C33H33FN6O3/c1-32(2)19-40(17-20-4-6-21(7-5-20)30-23(15-35)18-39(3)38-30)13-12-33(32,43)26-9-10-27-25(29(26)34)14-22(16-36-27)24-8-11-28(41)37-31(24)42/h4-7,9-10,14,16,18,24,43H,8,11-13,17,19H2,1-3H3,(H,37,41,42)/t24?,33-/m1/s1. The molecule has 6 rings (SSSR count). The van der Waals surface area contributed by atoms with E-state index >= 15 is 4.39 Å². The first-order valence-corrected chi connectivity index (χ1v) is 14.4. The van der Waals surface area contributed by atoms with E-state index in [1.165, 1.54) is 0 Å². The van der Waals surface area contributed by atoms with Crippen molar-refractivity contribution in [1.29, 1.82) is 5.26 Å². The molecule has 4 heterocycles. The summed E-state index contributed by atoms with van der Waals surface area (Å²) < 4.78 is 17.9. The number of halogens is 1. The van der Waals surface area contributed by atoms with Crippen molar-refractivity contribution in [3.05, 3.63) is 82.9 Å². The molecule has 2 aliphatic rings. The van der Waals surface area contributed by atoms with Crippen molar-refractivity contribution in [3.8, 4) is 17.3 Å². The Balaban J connectivity index is 1.22. The van der Waals surface area contributed by atoms with E-state index in [0.29, 0.717) is 54.8 Å². The molecule has 0 bridgehead atoms. The molecule has 0 aliphatic carbocycles. The minimum atomic E-state index is -1.43. The van der Waals surface area contributed by atoms with Crippen LogP contribution in [-0.4, -0.2) is 49.7 Å².